The molecule has 2 fully saturated rings. The molecular formula is C17H31F. The smallest absolute Gasteiger partial charge is 0.113 e. The van der Waals surface area contributed by atoms with Gasteiger partial charge in [0.15, 0.2) is 0 Å². The van der Waals surface area contributed by atoms with Crippen molar-refractivity contribution in [2.24, 2.45) is 17.8 Å². The van der Waals surface area contributed by atoms with Crippen molar-refractivity contribution in [2.45, 2.75) is 90.1 Å². The van der Waals surface area contributed by atoms with Crippen LogP contribution in [0.25, 0.3) is 0 Å². The fourth-order valence-electron chi connectivity index (χ4n) is 4.35. The van der Waals surface area contributed by atoms with Crippen molar-refractivity contribution < 1.29 is 4.39 Å². The van der Waals surface area contributed by atoms with Crippen molar-refractivity contribution in [3.8, 4) is 0 Å². The highest BCUT2D eigenvalue weighted by molar-refractivity contribution is 4.93. The standard InChI is InChI=1S/C17H31F/c1-3-5-15-6-8-16(9-7-15)17(18)12-10-14(4-2)11-13-17/h14-16H,3-13H2,1-2H3/t14?,15-,16-,17?. The normalized spacial score (nSPS) is 41.8. The quantitative estimate of drug-likeness (QED) is 0.585. The summed E-state index contributed by atoms with van der Waals surface area (Å²) < 4.78 is 15.1. The van der Waals surface area contributed by atoms with Crippen LogP contribution in [0.15, 0.2) is 0 Å². The molecule has 2 rings (SSSR count). The summed E-state index contributed by atoms with van der Waals surface area (Å²) in [6.07, 6.45) is 12.8. The molecule has 0 unspecified atom stereocenters. The zero-order valence-electron chi connectivity index (χ0n) is 12.4. The van der Waals surface area contributed by atoms with Crippen LogP contribution in [0.1, 0.15) is 84.5 Å². The fourth-order valence-corrected chi connectivity index (χ4v) is 4.35. The predicted molar refractivity (Wildman–Crippen MR) is 76.4 cm³/mol. The number of rotatable bonds is 4. The van der Waals surface area contributed by atoms with Crippen LogP contribution in [-0.2, 0) is 0 Å². The Morgan fingerprint density at radius 3 is 2.00 bits per heavy atom. The Balaban J connectivity index is 1.81. The van der Waals surface area contributed by atoms with Gasteiger partial charge in [-0.1, -0.05) is 46.0 Å². The minimum absolute atomic E-state index is 0.392. The zero-order chi connectivity index (χ0) is 13.0. The Bertz CT molecular complexity index is 232. The van der Waals surface area contributed by atoms with Crippen molar-refractivity contribution in [1.82, 2.24) is 0 Å². The summed E-state index contributed by atoms with van der Waals surface area (Å²) in [4.78, 5) is 0. The average Bonchev–Trinajstić information content (AvgIpc) is 2.41. The monoisotopic (exact) mass is 254 g/mol. The first kappa shape index (κ1) is 14.3. The average molecular weight is 254 g/mol. The summed E-state index contributed by atoms with van der Waals surface area (Å²) in [7, 11) is 0. The maximum atomic E-state index is 15.1. The molecule has 0 bridgehead atoms. The van der Waals surface area contributed by atoms with Crippen LogP contribution in [0.5, 0.6) is 0 Å². The van der Waals surface area contributed by atoms with E-state index in [1.54, 1.807) is 0 Å². The Labute approximate surface area is 113 Å². The Hall–Kier alpha value is -0.0700. The highest BCUT2D eigenvalue weighted by Gasteiger charge is 2.42. The van der Waals surface area contributed by atoms with Crippen LogP contribution >= 0.6 is 0 Å². The van der Waals surface area contributed by atoms with Gasteiger partial charge in [0.05, 0.1) is 0 Å². The van der Waals surface area contributed by atoms with E-state index in [4.69, 9.17) is 0 Å². The van der Waals surface area contributed by atoms with Gasteiger partial charge in [-0.3, -0.25) is 0 Å². The molecule has 0 radical (unpaired) electrons. The first-order valence-corrected chi connectivity index (χ1v) is 8.36. The molecule has 0 aromatic rings. The lowest BCUT2D eigenvalue weighted by molar-refractivity contribution is -0.00206. The van der Waals surface area contributed by atoms with Crippen LogP contribution in [0, 0.1) is 17.8 Å². The van der Waals surface area contributed by atoms with Gasteiger partial charge in [-0.25, -0.2) is 4.39 Å². The van der Waals surface area contributed by atoms with Crippen LogP contribution in [0.2, 0.25) is 0 Å². The van der Waals surface area contributed by atoms with E-state index in [0.29, 0.717) is 5.92 Å². The number of hydrogen-bond acceptors (Lipinski definition) is 0. The molecule has 0 aromatic heterocycles. The van der Waals surface area contributed by atoms with E-state index in [1.165, 1.54) is 32.1 Å². The van der Waals surface area contributed by atoms with Crippen molar-refractivity contribution in [3.63, 3.8) is 0 Å². The van der Waals surface area contributed by atoms with Gasteiger partial charge in [-0.05, 0) is 56.3 Å². The molecule has 1 heteroatoms. The highest BCUT2D eigenvalue weighted by Crippen LogP contribution is 2.47. The summed E-state index contributed by atoms with van der Waals surface area (Å²) in [5, 5.41) is 0. The molecule has 2 saturated carbocycles. The molecular weight excluding hydrogens is 223 g/mol. The Morgan fingerprint density at radius 2 is 1.50 bits per heavy atom. The van der Waals surface area contributed by atoms with Gasteiger partial charge in [-0.2, -0.15) is 0 Å². The molecule has 0 atom stereocenters. The lowest BCUT2D eigenvalue weighted by atomic mass is 9.66. The molecule has 0 heterocycles. The van der Waals surface area contributed by atoms with Gasteiger partial charge >= 0.3 is 0 Å². The summed E-state index contributed by atoms with van der Waals surface area (Å²) >= 11 is 0. The highest BCUT2D eigenvalue weighted by atomic mass is 19.1. The van der Waals surface area contributed by atoms with Crippen LogP contribution in [0.4, 0.5) is 4.39 Å². The summed E-state index contributed by atoms with van der Waals surface area (Å²) in [6.45, 7) is 4.53. The first-order valence-electron chi connectivity index (χ1n) is 8.36. The molecule has 18 heavy (non-hydrogen) atoms. The second kappa shape index (κ2) is 6.39. The second-order valence-corrected chi connectivity index (χ2v) is 6.89. The molecule has 2 aliphatic carbocycles. The van der Waals surface area contributed by atoms with Crippen molar-refractivity contribution >= 4 is 0 Å². The minimum atomic E-state index is -0.789. The van der Waals surface area contributed by atoms with Crippen molar-refractivity contribution in [1.29, 1.82) is 0 Å². The molecule has 0 saturated heterocycles. The molecule has 0 N–H and O–H groups in total. The van der Waals surface area contributed by atoms with E-state index >= 15 is 4.39 Å². The maximum absolute atomic E-state index is 15.1. The van der Waals surface area contributed by atoms with Gasteiger partial charge in [0.1, 0.15) is 5.67 Å². The summed E-state index contributed by atoms with van der Waals surface area (Å²) in [6, 6.07) is 0. The third kappa shape index (κ3) is 3.27. The molecule has 2 aliphatic rings. The first-order chi connectivity index (χ1) is 8.68. The van der Waals surface area contributed by atoms with Crippen molar-refractivity contribution in [3.05, 3.63) is 0 Å². The van der Waals surface area contributed by atoms with Crippen LogP contribution in [-0.4, -0.2) is 5.67 Å². The Kier molecular flexibility index (Phi) is 5.09. The van der Waals surface area contributed by atoms with E-state index in [0.717, 1.165) is 50.4 Å². The molecule has 0 amide bonds. The van der Waals surface area contributed by atoms with E-state index in [-0.39, 0.29) is 0 Å². The largest absolute Gasteiger partial charge is 0.244 e. The minimum Gasteiger partial charge on any atom is -0.244 e. The van der Waals surface area contributed by atoms with Gasteiger partial charge in [0.25, 0.3) is 0 Å². The van der Waals surface area contributed by atoms with E-state index in [2.05, 4.69) is 13.8 Å². The molecule has 0 spiro atoms. The third-order valence-corrected chi connectivity index (χ3v) is 5.79. The van der Waals surface area contributed by atoms with Gasteiger partial charge in [-0.15, -0.1) is 0 Å². The number of alkyl halides is 1. The third-order valence-electron chi connectivity index (χ3n) is 5.79. The zero-order valence-corrected chi connectivity index (χ0v) is 12.4. The molecule has 0 aliphatic heterocycles. The van der Waals surface area contributed by atoms with Gasteiger partial charge in [0.2, 0.25) is 0 Å². The second-order valence-electron chi connectivity index (χ2n) is 6.89. The molecule has 0 nitrogen and oxygen atoms in total. The summed E-state index contributed by atoms with van der Waals surface area (Å²) in [5.74, 6) is 2.11. The number of halogens is 1. The lowest BCUT2D eigenvalue weighted by Gasteiger charge is -2.42. The lowest BCUT2D eigenvalue weighted by Crippen LogP contribution is -2.39. The van der Waals surface area contributed by atoms with Gasteiger partial charge in [0, 0.05) is 0 Å². The van der Waals surface area contributed by atoms with Gasteiger partial charge < -0.3 is 0 Å². The van der Waals surface area contributed by atoms with Crippen molar-refractivity contribution in [2.75, 3.05) is 0 Å². The SMILES string of the molecule is CCC[C@H]1CC[C@H](C2(F)CCC(CC)CC2)CC1. The molecule has 106 valence electrons. The Morgan fingerprint density at radius 1 is 0.889 bits per heavy atom. The van der Waals surface area contributed by atoms with E-state index in [9.17, 15) is 0 Å². The fraction of sp³-hybridized carbons (Fsp3) is 1.00. The summed E-state index contributed by atoms with van der Waals surface area (Å²) in [5.41, 5.74) is -0.789. The topological polar surface area (TPSA) is 0 Å². The van der Waals surface area contributed by atoms with E-state index < -0.39 is 5.67 Å². The van der Waals surface area contributed by atoms with Crippen LogP contribution < -0.4 is 0 Å². The number of hydrogen-bond donors (Lipinski definition) is 0. The maximum Gasteiger partial charge on any atom is 0.113 e. The van der Waals surface area contributed by atoms with E-state index in [1.807, 2.05) is 0 Å². The predicted octanol–water partition coefficient (Wildman–Crippen LogP) is 5.90. The molecule has 0 aromatic carbocycles. The van der Waals surface area contributed by atoms with Crippen LogP contribution in [0.3, 0.4) is 0 Å².